The minimum Gasteiger partial charge on any atom is -0.393 e. The van der Waals surface area contributed by atoms with E-state index >= 15 is 0 Å². The summed E-state index contributed by atoms with van der Waals surface area (Å²) in [6.45, 7) is 0. The Morgan fingerprint density at radius 3 is 2.20 bits per heavy atom. The van der Waals surface area contributed by atoms with Crippen LogP contribution >= 0.6 is 31.9 Å². The van der Waals surface area contributed by atoms with Crippen LogP contribution in [0.1, 0.15) is 17.9 Å². The summed E-state index contributed by atoms with van der Waals surface area (Å²) in [5.41, 5.74) is 0.784. The first kappa shape index (κ1) is 10.8. The highest BCUT2D eigenvalue weighted by Crippen LogP contribution is 2.31. The smallest absolute Gasteiger partial charge is 0.321 e. The van der Waals surface area contributed by atoms with Crippen molar-refractivity contribution in [2.75, 3.05) is 0 Å². The summed E-state index contributed by atoms with van der Waals surface area (Å²) in [5.74, 6) is -1.39. The van der Waals surface area contributed by atoms with Gasteiger partial charge >= 0.3 is 11.9 Å². The second-order valence-electron chi connectivity index (χ2n) is 3.25. The van der Waals surface area contributed by atoms with Crippen molar-refractivity contribution >= 4 is 43.8 Å². The summed E-state index contributed by atoms with van der Waals surface area (Å²) in [6.07, 6.45) is 0.127. The van der Waals surface area contributed by atoms with E-state index in [1.165, 1.54) is 0 Å². The molecule has 1 aliphatic heterocycles. The molecule has 0 aliphatic carbocycles. The molecule has 15 heavy (non-hydrogen) atoms. The van der Waals surface area contributed by atoms with Gasteiger partial charge in [-0.25, -0.2) is 0 Å². The van der Waals surface area contributed by atoms with Crippen molar-refractivity contribution in [3.63, 3.8) is 0 Å². The minimum atomic E-state index is -0.468. The van der Waals surface area contributed by atoms with E-state index in [-0.39, 0.29) is 6.42 Å². The van der Waals surface area contributed by atoms with E-state index in [2.05, 4.69) is 36.6 Å². The third kappa shape index (κ3) is 2.29. The second kappa shape index (κ2) is 4.06. The molecule has 0 amide bonds. The molecule has 0 spiro atoms. The van der Waals surface area contributed by atoms with Gasteiger partial charge in [0.15, 0.2) is 0 Å². The van der Waals surface area contributed by atoms with Crippen LogP contribution in [0.15, 0.2) is 27.1 Å². The molecule has 0 radical (unpaired) electrons. The van der Waals surface area contributed by atoms with Gasteiger partial charge in [-0.3, -0.25) is 9.59 Å². The van der Waals surface area contributed by atoms with E-state index < -0.39 is 17.9 Å². The molecule has 1 aromatic rings. The lowest BCUT2D eigenvalue weighted by atomic mass is 9.98. The van der Waals surface area contributed by atoms with Gasteiger partial charge in [0.25, 0.3) is 0 Å². The number of cyclic esters (lactones) is 2. The first-order valence-electron chi connectivity index (χ1n) is 4.27. The van der Waals surface area contributed by atoms with Crippen molar-refractivity contribution in [2.45, 2.75) is 12.3 Å². The van der Waals surface area contributed by atoms with E-state index in [0.717, 1.165) is 14.5 Å². The molecule has 1 unspecified atom stereocenters. The maximum Gasteiger partial charge on any atom is 0.321 e. The van der Waals surface area contributed by atoms with Crippen LogP contribution in [0.3, 0.4) is 0 Å². The van der Waals surface area contributed by atoms with Crippen LogP contribution in [0.25, 0.3) is 0 Å². The highest BCUT2D eigenvalue weighted by molar-refractivity contribution is 9.11. The summed E-state index contributed by atoms with van der Waals surface area (Å²) < 4.78 is 6.22. The lowest BCUT2D eigenvalue weighted by Gasteiger charge is -2.06. The molecule has 1 atom stereocenters. The quantitative estimate of drug-likeness (QED) is 0.586. The van der Waals surface area contributed by atoms with Gasteiger partial charge in [0.1, 0.15) is 0 Å². The van der Waals surface area contributed by atoms with E-state index in [1.54, 1.807) is 0 Å². The molecule has 1 fully saturated rings. The standard InChI is InChI=1S/C10H6Br2O3/c11-6-1-5(2-7(12)3-6)8-4-9(13)15-10(8)14/h1-3,8H,4H2. The predicted molar refractivity (Wildman–Crippen MR) is 60.3 cm³/mol. The molecule has 1 saturated heterocycles. The topological polar surface area (TPSA) is 43.4 Å². The Morgan fingerprint density at radius 2 is 1.73 bits per heavy atom. The first-order chi connectivity index (χ1) is 7.06. The fraction of sp³-hybridized carbons (Fsp3) is 0.200. The molecular formula is C10H6Br2O3. The Bertz CT molecular complexity index is 422. The van der Waals surface area contributed by atoms with E-state index in [9.17, 15) is 9.59 Å². The van der Waals surface area contributed by atoms with Crippen LogP contribution < -0.4 is 0 Å². The molecule has 0 saturated carbocycles. The van der Waals surface area contributed by atoms with Gasteiger partial charge < -0.3 is 4.74 Å². The van der Waals surface area contributed by atoms with Crippen molar-refractivity contribution in [1.29, 1.82) is 0 Å². The molecule has 2 rings (SSSR count). The Hall–Kier alpha value is -0.680. The predicted octanol–water partition coefficient (Wildman–Crippen LogP) is 2.77. The van der Waals surface area contributed by atoms with Crippen LogP contribution in [0, 0.1) is 0 Å². The normalized spacial score (nSPS) is 20.5. The number of esters is 2. The van der Waals surface area contributed by atoms with Gasteiger partial charge in [-0.1, -0.05) is 31.9 Å². The first-order valence-corrected chi connectivity index (χ1v) is 5.85. The summed E-state index contributed by atoms with van der Waals surface area (Å²) in [7, 11) is 0. The molecule has 0 bridgehead atoms. The molecule has 78 valence electrons. The Balaban J connectivity index is 2.37. The van der Waals surface area contributed by atoms with Gasteiger partial charge in [-0.05, 0) is 23.8 Å². The molecular weight excluding hydrogens is 328 g/mol. The fourth-order valence-electron chi connectivity index (χ4n) is 1.51. The van der Waals surface area contributed by atoms with Crippen LogP contribution in [0.4, 0.5) is 0 Å². The lowest BCUT2D eigenvalue weighted by Crippen LogP contribution is -2.05. The van der Waals surface area contributed by atoms with Crippen molar-refractivity contribution in [1.82, 2.24) is 0 Å². The third-order valence-electron chi connectivity index (χ3n) is 2.16. The molecule has 1 aromatic carbocycles. The average Bonchev–Trinajstić information content (AvgIpc) is 2.43. The monoisotopic (exact) mass is 332 g/mol. The second-order valence-corrected chi connectivity index (χ2v) is 5.08. The summed E-state index contributed by atoms with van der Waals surface area (Å²) in [4.78, 5) is 22.3. The number of benzene rings is 1. The zero-order valence-electron chi connectivity index (χ0n) is 7.50. The van der Waals surface area contributed by atoms with Gasteiger partial charge in [0.05, 0.1) is 12.3 Å². The molecule has 1 aliphatic rings. The summed E-state index contributed by atoms with van der Waals surface area (Å²) in [6, 6.07) is 5.50. The fourth-order valence-corrected chi connectivity index (χ4v) is 2.83. The number of carbonyl (C=O) groups excluding carboxylic acids is 2. The number of carbonyl (C=O) groups is 2. The Morgan fingerprint density at radius 1 is 1.13 bits per heavy atom. The van der Waals surface area contributed by atoms with E-state index in [4.69, 9.17) is 0 Å². The maximum absolute atomic E-state index is 11.3. The summed E-state index contributed by atoms with van der Waals surface area (Å²) in [5, 5.41) is 0. The lowest BCUT2D eigenvalue weighted by molar-refractivity contribution is -0.152. The van der Waals surface area contributed by atoms with Crippen LogP contribution in [0.2, 0.25) is 0 Å². The molecule has 0 N–H and O–H groups in total. The van der Waals surface area contributed by atoms with Crippen molar-refractivity contribution in [3.05, 3.63) is 32.7 Å². The Kier molecular flexibility index (Phi) is 2.93. The van der Waals surface area contributed by atoms with Crippen molar-refractivity contribution < 1.29 is 14.3 Å². The average molecular weight is 334 g/mol. The van der Waals surface area contributed by atoms with Gasteiger partial charge in [-0.2, -0.15) is 0 Å². The number of halogens is 2. The maximum atomic E-state index is 11.3. The number of hydrogen-bond acceptors (Lipinski definition) is 3. The van der Waals surface area contributed by atoms with Crippen LogP contribution in [0.5, 0.6) is 0 Å². The highest BCUT2D eigenvalue weighted by atomic mass is 79.9. The van der Waals surface area contributed by atoms with Crippen LogP contribution in [-0.2, 0) is 14.3 Å². The van der Waals surface area contributed by atoms with Gasteiger partial charge in [0, 0.05) is 8.95 Å². The van der Waals surface area contributed by atoms with Crippen molar-refractivity contribution in [2.24, 2.45) is 0 Å². The van der Waals surface area contributed by atoms with Crippen molar-refractivity contribution in [3.8, 4) is 0 Å². The Labute approximate surface area is 103 Å². The molecule has 5 heteroatoms. The van der Waals surface area contributed by atoms with Gasteiger partial charge in [-0.15, -0.1) is 0 Å². The molecule has 1 heterocycles. The SMILES string of the molecule is O=C1CC(c2cc(Br)cc(Br)c2)C(=O)O1. The zero-order valence-corrected chi connectivity index (χ0v) is 10.7. The number of rotatable bonds is 1. The number of hydrogen-bond donors (Lipinski definition) is 0. The van der Waals surface area contributed by atoms with E-state index in [1.807, 2.05) is 18.2 Å². The summed E-state index contributed by atoms with van der Waals surface area (Å²) >= 11 is 6.66. The largest absolute Gasteiger partial charge is 0.393 e. The van der Waals surface area contributed by atoms with Gasteiger partial charge in [0.2, 0.25) is 0 Å². The molecule has 3 nitrogen and oxygen atoms in total. The molecule has 0 aromatic heterocycles. The highest BCUT2D eigenvalue weighted by Gasteiger charge is 2.34. The zero-order chi connectivity index (χ0) is 11.0. The minimum absolute atomic E-state index is 0.127. The van der Waals surface area contributed by atoms with Crippen LogP contribution in [-0.4, -0.2) is 11.9 Å². The van der Waals surface area contributed by atoms with E-state index in [0.29, 0.717) is 0 Å². The third-order valence-corrected chi connectivity index (χ3v) is 3.07. The number of ether oxygens (including phenoxy) is 1.